The Labute approximate surface area is 102 Å². The molecule has 5 heteroatoms. The van der Waals surface area contributed by atoms with E-state index in [4.69, 9.17) is 17.0 Å². The number of aromatic amines is 1. The highest BCUT2D eigenvalue weighted by Gasteiger charge is 2.03. The van der Waals surface area contributed by atoms with Crippen LogP contribution in [0.5, 0.6) is 0 Å². The van der Waals surface area contributed by atoms with Crippen LogP contribution in [-0.2, 0) is 17.7 Å². The molecule has 0 saturated heterocycles. The van der Waals surface area contributed by atoms with Gasteiger partial charge in [0.25, 0.3) is 0 Å². The first-order chi connectivity index (χ1) is 7.65. The molecule has 0 aliphatic carbocycles. The number of nitrogens with one attached hydrogen (secondary N) is 1. The Morgan fingerprint density at radius 1 is 1.50 bits per heavy atom. The lowest BCUT2D eigenvalue weighted by Crippen LogP contribution is -2.08. The first kappa shape index (κ1) is 13.4. The van der Waals surface area contributed by atoms with Crippen molar-refractivity contribution in [1.29, 1.82) is 0 Å². The van der Waals surface area contributed by atoms with Crippen molar-refractivity contribution in [2.45, 2.75) is 40.2 Å². The summed E-state index contributed by atoms with van der Waals surface area (Å²) in [5.74, 6) is 1.62. The largest absolute Gasteiger partial charge is 0.381 e. The summed E-state index contributed by atoms with van der Waals surface area (Å²) < 4.78 is 8.29. The van der Waals surface area contributed by atoms with Crippen LogP contribution in [0.25, 0.3) is 0 Å². The van der Waals surface area contributed by atoms with Crippen LogP contribution in [0.1, 0.15) is 33.0 Å². The second-order valence-electron chi connectivity index (χ2n) is 4.27. The fraction of sp³-hybridized carbons (Fsp3) is 0.818. The summed E-state index contributed by atoms with van der Waals surface area (Å²) in [5.41, 5.74) is 0. The van der Waals surface area contributed by atoms with Crippen molar-refractivity contribution in [2.24, 2.45) is 5.92 Å². The van der Waals surface area contributed by atoms with E-state index in [9.17, 15) is 0 Å². The average molecular weight is 243 g/mol. The van der Waals surface area contributed by atoms with Crippen molar-refractivity contribution >= 4 is 12.2 Å². The molecular formula is C11H21N3OS. The van der Waals surface area contributed by atoms with Gasteiger partial charge in [0, 0.05) is 26.2 Å². The molecule has 0 aliphatic heterocycles. The van der Waals surface area contributed by atoms with Crippen LogP contribution in [-0.4, -0.2) is 28.0 Å². The van der Waals surface area contributed by atoms with Gasteiger partial charge in [-0.2, -0.15) is 5.10 Å². The quantitative estimate of drug-likeness (QED) is 0.591. The van der Waals surface area contributed by atoms with Crippen LogP contribution in [0.2, 0.25) is 0 Å². The molecule has 0 aliphatic rings. The molecule has 0 unspecified atom stereocenters. The Hall–Kier alpha value is -0.680. The number of H-pyrrole nitrogens is 1. The molecule has 0 spiro atoms. The maximum atomic E-state index is 5.53. The topological polar surface area (TPSA) is 42.8 Å². The van der Waals surface area contributed by atoms with E-state index in [1.165, 1.54) is 0 Å². The van der Waals surface area contributed by atoms with E-state index in [0.29, 0.717) is 10.7 Å². The maximum Gasteiger partial charge on any atom is 0.195 e. The van der Waals surface area contributed by atoms with Gasteiger partial charge in [-0.1, -0.05) is 20.8 Å². The number of nitrogens with zero attached hydrogens (tertiary/aromatic N) is 2. The predicted molar refractivity (Wildman–Crippen MR) is 67.1 cm³/mol. The summed E-state index contributed by atoms with van der Waals surface area (Å²) in [4.78, 5) is 0. The lowest BCUT2D eigenvalue weighted by Gasteiger charge is -2.08. The molecule has 16 heavy (non-hydrogen) atoms. The second-order valence-corrected chi connectivity index (χ2v) is 4.66. The summed E-state index contributed by atoms with van der Waals surface area (Å²) in [7, 11) is 0. The molecule has 1 rings (SSSR count). The van der Waals surface area contributed by atoms with E-state index in [-0.39, 0.29) is 0 Å². The van der Waals surface area contributed by atoms with E-state index < -0.39 is 0 Å². The molecule has 0 bridgehead atoms. The molecule has 1 aromatic rings. The molecule has 92 valence electrons. The summed E-state index contributed by atoms with van der Waals surface area (Å²) in [6, 6.07) is 0. The van der Waals surface area contributed by atoms with Crippen LogP contribution >= 0.6 is 12.2 Å². The molecule has 4 nitrogen and oxygen atoms in total. The molecular weight excluding hydrogens is 222 g/mol. The minimum Gasteiger partial charge on any atom is -0.381 e. The smallest absolute Gasteiger partial charge is 0.195 e. The molecule has 1 N–H and O–H groups in total. The predicted octanol–water partition coefficient (Wildman–Crippen LogP) is 2.57. The van der Waals surface area contributed by atoms with E-state index in [2.05, 4.69) is 31.0 Å². The standard InChI is InChI=1S/C11H21N3OS/c1-4-10-12-13-11(16)14(10)6-5-7-15-8-9(2)3/h9H,4-8H2,1-3H3,(H,13,16). The number of ether oxygens (including phenoxy) is 1. The zero-order valence-electron chi connectivity index (χ0n) is 10.3. The van der Waals surface area contributed by atoms with Crippen LogP contribution in [0.3, 0.4) is 0 Å². The van der Waals surface area contributed by atoms with E-state index >= 15 is 0 Å². The van der Waals surface area contributed by atoms with Crippen molar-refractivity contribution in [3.63, 3.8) is 0 Å². The molecule has 1 heterocycles. The third-order valence-corrected chi connectivity index (χ3v) is 2.59. The molecule has 1 aromatic heterocycles. The number of aromatic nitrogens is 3. The highest BCUT2D eigenvalue weighted by molar-refractivity contribution is 7.71. The van der Waals surface area contributed by atoms with Crippen molar-refractivity contribution in [2.75, 3.05) is 13.2 Å². The maximum absolute atomic E-state index is 5.53. The van der Waals surface area contributed by atoms with Gasteiger partial charge in [-0.3, -0.25) is 5.10 Å². The van der Waals surface area contributed by atoms with Gasteiger partial charge in [0.2, 0.25) is 0 Å². The van der Waals surface area contributed by atoms with Gasteiger partial charge in [0.05, 0.1) is 0 Å². The lowest BCUT2D eigenvalue weighted by atomic mass is 10.2. The van der Waals surface area contributed by atoms with E-state index in [0.717, 1.165) is 38.4 Å². The van der Waals surface area contributed by atoms with Gasteiger partial charge in [-0.05, 0) is 24.6 Å². The highest BCUT2D eigenvalue weighted by Crippen LogP contribution is 2.01. The van der Waals surface area contributed by atoms with Gasteiger partial charge in [-0.15, -0.1) is 0 Å². The number of hydrogen-bond acceptors (Lipinski definition) is 3. The zero-order chi connectivity index (χ0) is 12.0. The van der Waals surface area contributed by atoms with Crippen molar-refractivity contribution in [1.82, 2.24) is 14.8 Å². The van der Waals surface area contributed by atoms with Gasteiger partial charge in [0.15, 0.2) is 4.77 Å². The summed E-state index contributed by atoms with van der Waals surface area (Å²) in [6.45, 7) is 8.89. The van der Waals surface area contributed by atoms with Crippen LogP contribution in [0, 0.1) is 10.7 Å². The summed E-state index contributed by atoms with van der Waals surface area (Å²) >= 11 is 5.16. The van der Waals surface area contributed by atoms with Gasteiger partial charge < -0.3 is 9.30 Å². The van der Waals surface area contributed by atoms with Gasteiger partial charge in [-0.25, -0.2) is 0 Å². The second kappa shape index (κ2) is 6.81. The van der Waals surface area contributed by atoms with E-state index in [1.54, 1.807) is 0 Å². The Morgan fingerprint density at radius 2 is 2.25 bits per heavy atom. The van der Waals surface area contributed by atoms with Crippen molar-refractivity contribution in [3.05, 3.63) is 10.6 Å². The fourth-order valence-electron chi connectivity index (χ4n) is 1.49. The van der Waals surface area contributed by atoms with Gasteiger partial charge >= 0.3 is 0 Å². The fourth-order valence-corrected chi connectivity index (χ4v) is 1.74. The molecule has 0 aromatic carbocycles. The monoisotopic (exact) mass is 243 g/mol. The summed E-state index contributed by atoms with van der Waals surface area (Å²) in [6.07, 6.45) is 1.88. The van der Waals surface area contributed by atoms with Crippen LogP contribution < -0.4 is 0 Å². The Bertz CT molecular complexity index is 356. The average Bonchev–Trinajstić information content (AvgIpc) is 2.59. The number of rotatable bonds is 7. The van der Waals surface area contributed by atoms with Gasteiger partial charge in [0.1, 0.15) is 5.82 Å². The van der Waals surface area contributed by atoms with Crippen molar-refractivity contribution < 1.29 is 4.74 Å². The Kier molecular flexibility index (Phi) is 5.69. The van der Waals surface area contributed by atoms with Crippen LogP contribution in [0.4, 0.5) is 0 Å². The first-order valence-electron chi connectivity index (χ1n) is 5.87. The third-order valence-electron chi connectivity index (χ3n) is 2.28. The number of hydrogen-bond donors (Lipinski definition) is 1. The number of aryl methyl sites for hydroxylation is 1. The Morgan fingerprint density at radius 3 is 2.88 bits per heavy atom. The Balaban J connectivity index is 2.31. The van der Waals surface area contributed by atoms with E-state index in [1.807, 2.05) is 4.57 Å². The highest BCUT2D eigenvalue weighted by atomic mass is 32.1. The lowest BCUT2D eigenvalue weighted by molar-refractivity contribution is 0.105. The minimum atomic E-state index is 0.599. The zero-order valence-corrected chi connectivity index (χ0v) is 11.1. The molecule has 0 saturated carbocycles. The normalized spacial score (nSPS) is 11.2. The van der Waals surface area contributed by atoms with Crippen molar-refractivity contribution in [3.8, 4) is 0 Å². The summed E-state index contributed by atoms with van der Waals surface area (Å²) in [5, 5.41) is 6.99. The molecule has 0 radical (unpaired) electrons. The van der Waals surface area contributed by atoms with Crippen LogP contribution in [0.15, 0.2) is 0 Å². The minimum absolute atomic E-state index is 0.599. The SMILES string of the molecule is CCc1n[nH]c(=S)n1CCCOCC(C)C. The molecule has 0 atom stereocenters. The molecule has 0 fully saturated rings. The first-order valence-corrected chi connectivity index (χ1v) is 6.27. The molecule has 0 amide bonds. The third kappa shape index (κ3) is 4.06.